The number of hydrogen-bond donors (Lipinski definition) is 4. The average Bonchev–Trinajstić information content (AvgIpc) is 3.27. The lowest BCUT2D eigenvalue weighted by Crippen LogP contribution is -2.40. The van der Waals surface area contributed by atoms with E-state index in [0.717, 1.165) is 32.1 Å². The molecular formula is C18H20N4O2S. The number of nitrogens with two attached hydrogens (primary N) is 2. The smallest absolute Gasteiger partial charge is 0.320 e. The molecule has 1 aromatic heterocycles. The Labute approximate surface area is 149 Å². The van der Waals surface area contributed by atoms with Gasteiger partial charge < -0.3 is 21.9 Å². The fourth-order valence-electron chi connectivity index (χ4n) is 3.02. The van der Waals surface area contributed by atoms with E-state index in [4.69, 9.17) is 11.5 Å². The first-order valence-electron chi connectivity index (χ1n) is 8.20. The topological polar surface area (TPSA) is 105 Å². The Hall–Kier alpha value is -2.67. The molecule has 2 aromatic rings. The molecule has 1 aliphatic carbocycles. The number of aryl methyl sites for hydroxylation is 1. The fraction of sp³-hybridized carbons (Fsp3) is 0.278. The Morgan fingerprint density at radius 2 is 2.12 bits per heavy atom. The normalized spacial score (nSPS) is 16.8. The second-order valence-electron chi connectivity index (χ2n) is 6.55. The van der Waals surface area contributed by atoms with Crippen LogP contribution in [0.4, 0.5) is 9.80 Å². The zero-order valence-electron chi connectivity index (χ0n) is 13.9. The number of nitrogens with zero attached hydrogens (tertiary/aromatic N) is 1. The largest absolute Gasteiger partial charge is 0.508 e. The van der Waals surface area contributed by atoms with E-state index >= 15 is 0 Å². The van der Waals surface area contributed by atoms with Gasteiger partial charge in [-0.25, -0.2) is 4.79 Å². The standard InChI is InChI=1S/C18H20N4O2S/c1-9-2-3-10(6-13(9)23)16-12-7-15(21-11-4-5-11)25-14(12)8-22(17(16)19)18(20)24/h2-3,6-7,11,21,23H,4-5,8,19H2,1H3,(H2,20,24). The summed E-state index contributed by atoms with van der Waals surface area (Å²) in [4.78, 5) is 14.3. The SMILES string of the molecule is Cc1ccc(C2=C(N)N(C(N)=O)Cc3sc(NC4CC4)cc32)cc1O. The van der Waals surface area contributed by atoms with Crippen LogP contribution in [-0.4, -0.2) is 22.1 Å². The molecule has 0 radical (unpaired) electrons. The molecule has 2 amide bonds. The van der Waals surface area contributed by atoms with Gasteiger partial charge >= 0.3 is 6.03 Å². The third-order valence-corrected chi connectivity index (χ3v) is 5.67. The maximum Gasteiger partial charge on any atom is 0.320 e. The maximum absolute atomic E-state index is 11.8. The lowest BCUT2D eigenvalue weighted by Gasteiger charge is -2.28. The van der Waals surface area contributed by atoms with Crippen LogP contribution in [0.15, 0.2) is 30.1 Å². The van der Waals surface area contributed by atoms with Crippen molar-refractivity contribution in [2.45, 2.75) is 32.4 Å². The maximum atomic E-state index is 11.8. The number of amides is 2. The second kappa shape index (κ2) is 5.70. The summed E-state index contributed by atoms with van der Waals surface area (Å²) in [6.07, 6.45) is 2.37. The van der Waals surface area contributed by atoms with Gasteiger partial charge in [-0.05, 0) is 43.0 Å². The summed E-state index contributed by atoms with van der Waals surface area (Å²) >= 11 is 1.62. The second-order valence-corrected chi connectivity index (χ2v) is 7.69. The van der Waals surface area contributed by atoms with Crippen molar-refractivity contribution < 1.29 is 9.90 Å². The van der Waals surface area contributed by atoms with Crippen LogP contribution < -0.4 is 16.8 Å². The Morgan fingerprint density at radius 1 is 1.36 bits per heavy atom. The molecule has 0 bridgehead atoms. The van der Waals surface area contributed by atoms with Gasteiger partial charge in [0.15, 0.2) is 0 Å². The fourth-order valence-corrected chi connectivity index (χ4v) is 4.16. The van der Waals surface area contributed by atoms with Crippen LogP contribution in [0, 0.1) is 6.92 Å². The number of benzene rings is 1. The lowest BCUT2D eigenvalue weighted by molar-refractivity contribution is 0.218. The predicted octanol–water partition coefficient (Wildman–Crippen LogP) is 2.91. The number of phenols is 1. The molecule has 1 aromatic carbocycles. The highest BCUT2D eigenvalue weighted by molar-refractivity contribution is 7.16. The van der Waals surface area contributed by atoms with Gasteiger partial charge in [0.1, 0.15) is 11.6 Å². The number of primary amides is 1. The molecule has 4 rings (SSSR count). The van der Waals surface area contributed by atoms with Crippen LogP contribution >= 0.6 is 11.3 Å². The van der Waals surface area contributed by atoms with E-state index in [0.29, 0.717) is 18.4 Å². The molecule has 25 heavy (non-hydrogen) atoms. The number of urea groups is 1. The number of nitrogens with one attached hydrogen (secondary N) is 1. The number of carbonyl (C=O) groups is 1. The summed E-state index contributed by atoms with van der Waals surface area (Å²) in [5.41, 5.74) is 15.1. The van der Waals surface area contributed by atoms with E-state index in [-0.39, 0.29) is 5.75 Å². The number of fused-ring (bicyclic) bond motifs is 1. The van der Waals surface area contributed by atoms with Gasteiger partial charge in [0.05, 0.1) is 11.5 Å². The third-order valence-electron chi connectivity index (χ3n) is 4.61. The first kappa shape index (κ1) is 15.8. The van der Waals surface area contributed by atoms with E-state index in [1.165, 1.54) is 17.7 Å². The highest BCUT2D eigenvalue weighted by Crippen LogP contribution is 2.42. The van der Waals surface area contributed by atoms with E-state index < -0.39 is 6.03 Å². The summed E-state index contributed by atoms with van der Waals surface area (Å²) < 4.78 is 0. The lowest BCUT2D eigenvalue weighted by atomic mass is 9.94. The molecule has 6 nitrogen and oxygen atoms in total. The molecule has 1 fully saturated rings. The van der Waals surface area contributed by atoms with Crippen molar-refractivity contribution in [1.82, 2.24) is 4.90 Å². The van der Waals surface area contributed by atoms with Gasteiger partial charge in [0.25, 0.3) is 0 Å². The summed E-state index contributed by atoms with van der Waals surface area (Å²) in [6.45, 7) is 2.20. The first-order valence-corrected chi connectivity index (χ1v) is 9.02. The van der Waals surface area contributed by atoms with Crippen LogP contribution in [0.2, 0.25) is 0 Å². The van der Waals surface area contributed by atoms with Crippen molar-refractivity contribution in [2.24, 2.45) is 11.5 Å². The first-order chi connectivity index (χ1) is 11.9. The zero-order chi connectivity index (χ0) is 17.7. The third kappa shape index (κ3) is 2.80. The molecule has 2 aliphatic rings. The van der Waals surface area contributed by atoms with Crippen molar-refractivity contribution in [3.05, 3.63) is 51.7 Å². The quantitative estimate of drug-likeness (QED) is 0.678. The van der Waals surface area contributed by atoms with E-state index in [2.05, 4.69) is 11.4 Å². The van der Waals surface area contributed by atoms with Gasteiger partial charge in [0, 0.05) is 22.1 Å². The minimum atomic E-state index is -0.581. The van der Waals surface area contributed by atoms with Gasteiger partial charge in [-0.15, -0.1) is 11.3 Å². The summed E-state index contributed by atoms with van der Waals surface area (Å²) in [7, 11) is 0. The molecule has 0 spiro atoms. The summed E-state index contributed by atoms with van der Waals surface area (Å²) in [5, 5.41) is 14.7. The van der Waals surface area contributed by atoms with Crippen LogP contribution in [0.1, 0.15) is 34.4 Å². The molecule has 2 heterocycles. The van der Waals surface area contributed by atoms with Gasteiger partial charge in [-0.1, -0.05) is 12.1 Å². The highest BCUT2D eigenvalue weighted by Gasteiger charge is 2.30. The molecule has 0 unspecified atom stereocenters. The monoisotopic (exact) mass is 356 g/mol. The molecule has 130 valence electrons. The molecule has 7 heteroatoms. The van der Waals surface area contributed by atoms with Crippen LogP contribution in [0.5, 0.6) is 5.75 Å². The number of carbonyl (C=O) groups excluding carboxylic acids is 1. The molecule has 0 saturated heterocycles. The molecular weight excluding hydrogens is 336 g/mol. The zero-order valence-corrected chi connectivity index (χ0v) is 14.7. The number of thiophene rings is 1. The molecule has 1 saturated carbocycles. The van der Waals surface area contributed by atoms with Crippen molar-refractivity contribution in [3.63, 3.8) is 0 Å². The Kier molecular flexibility index (Phi) is 3.61. The molecule has 1 aliphatic heterocycles. The Bertz CT molecular complexity index is 898. The van der Waals surface area contributed by atoms with Gasteiger partial charge in [-0.2, -0.15) is 0 Å². The Balaban J connectivity index is 1.84. The van der Waals surface area contributed by atoms with Gasteiger partial charge in [-0.3, -0.25) is 4.90 Å². The summed E-state index contributed by atoms with van der Waals surface area (Å²) in [5.74, 6) is 0.515. The van der Waals surface area contributed by atoms with E-state index in [1.807, 2.05) is 19.1 Å². The minimum Gasteiger partial charge on any atom is -0.508 e. The van der Waals surface area contributed by atoms with Crippen molar-refractivity contribution in [3.8, 4) is 5.75 Å². The van der Waals surface area contributed by atoms with Gasteiger partial charge in [0.2, 0.25) is 0 Å². The van der Waals surface area contributed by atoms with Crippen LogP contribution in [0.25, 0.3) is 5.57 Å². The number of rotatable bonds is 3. The van der Waals surface area contributed by atoms with Crippen molar-refractivity contribution in [1.29, 1.82) is 0 Å². The number of anilines is 1. The Morgan fingerprint density at radius 3 is 2.76 bits per heavy atom. The van der Waals surface area contributed by atoms with E-state index in [1.54, 1.807) is 17.4 Å². The van der Waals surface area contributed by atoms with Crippen LogP contribution in [0.3, 0.4) is 0 Å². The highest BCUT2D eigenvalue weighted by atomic mass is 32.1. The summed E-state index contributed by atoms with van der Waals surface area (Å²) in [6, 6.07) is 7.45. The molecule has 0 atom stereocenters. The average molecular weight is 356 g/mol. The predicted molar refractivity (Wildman–Crippen MR) is 99.1 cm³/mol. The number of hydrogen-bond acceptors (Lipinski definition) is 5. The number of phenolic OH excluding ortho intramolecular Hbond substituents is 1. The van der Waals surface area contributed by atoms with E-state index in [9.17, 15) is 9.90 Å². The number of aromatic hydroxyl groups is 1. The molecule has 6 N–H and O–H groups in total. The minimum absolute atomic E-state index is 0.196. The van der Waals surface area contributed by atoms with Crippen LogP contribution in [-0.2, 0) is 6.54 Å². The van der Waals surface area contributed by atoms with Crippen molar-refractivity contribution in [2.75, 3.05) is 5.32 Å². The van der Waals surface area contributed by atoms with Crippen molar-refractivity contribution >= 4 is 27.9 Å².